The smallest absolute Gasteiger partial charge is 0.199 e. The Labute approximate surface area is 182 Å². The Balaban J connectivity index is 1.42. The van der Waals surface area contributed by atoms with Crippen LogP contribution in [0.2, 0.25) is 5.82 Å². The maximum Gasteiger partial charge on any atom is 0.199 e. The van der Waals surface area contributed by atoms with Gasteiger partial charge < -0.3 is 0 Å². The highest BCUT2D eigenvalue weighted by Crippen LogP contribution is 2.31. The van der Waals surface area contributed by atoms with Crippen LogP contribution in [0, 0.1) is 0 Å². The zero-order valence-corrected chi connectivity index (χ0v) is 19.2. The number of pyridine rings is 1. The summed E-state index contributed by atoms with van der Waals surface area (Å²) in [5.41, 5.74) is 2.48. The molecule has 2 aromatic rings. The van der Waals surface area contributed by atoms with E-state index in [1.54, 1.807) is 0 Å². The first kappa shape index (κ1) is 21.3. The zero-order valence-electron chi connectivity index (χ0n) is 18.3. The molecule has 0 amide bonds. The molecule has 2 fully saturated rings. The second-order valence-corrected chi connectivity index (χ2v) is 10.8. The van der Waals surface area contributed by atoms with Crippen molar-refractivity contribution in [3.63, 3.8) is 0 Å². The van der Waals surface area contributed by atoms with Crippen molar-refractivity contribution < 1.29 is 0 Å². The number of hydrogen-bond acceptors (Lipinski definition) is 3. The molecule has 158 valence electrons. The second kappa shape index (κ2) is 11.5. The summed E-state index contributed by atoms with van der Waals surface area (Å²) in [4.78, 5) is 11.2. The van der Waals surface area contributed by atoms with E-state index < -0.39 is 0 Å². The van der Waals surface area contributed by atoms with Crippen molar-refractivity contribution in [1.29, 1.82) is 0 Å². The second-order valence-electron chi connectivity index (χ2n) is 9.70. The molecule has 0 aromatic carbocycles. The Bertz CT molecular complexity index is 723. The molecule has 2 saturated carbocycles. The molecule has 0 aliphatic heterocycles. The average molecular weight is 410 g/mol. The summed E-state index contributed by atoms with van der Waals surface area (Å²) >= 11 is 1.95. The van der Waals surface area contributed by atoms with E-state index in [1.165, 1.54) is 132 Å². The van der Waals surface area contributed by atoms with Crippen LogP contribution in [-0.4, -0.2) is 17.2 Å². The lowest BCUT2D eigenvalue weighted by molar-refractivity contribution is 0.503. The third-order valence-electron chi connectivity index (χ3n) is 7.30. The molecule has 0 unspecified atom stereocenters. The fourth-order valence-corrected chi connectivity index (χ4v) is 6.58. The van der Waals surface area contributed by atoms with E-state index in [0.29, 0.717) is 5.92 Å². The van der Waals surface area contributed by atoms with Crippen LogP contribution in [0.15, 0.2) is 12.3 Å². The predicted octanol–water partition coefficient (Wildman–Crippen LogP) is 7.28. The Hall–Kier alpha value is -0.895. The molecule has 0 spiro atoms. The van der Waals surface area contributed by atoms with Crippen molar-refractivity contribution in [3.05, 3.63) is 18.0 Å². The summed E-state index contributed by atoms with van der Waals surface area (Å²) in [7, 11) is 1.19. The van der Waals surface area contributed by atoms with Gasteiger partial charge in [0.25, 0.3) is 0 Å². The summed E-state index contributed by atoms with van der Waals surface area (Å²) in [5, 5.41) is 0. The lowest BCUT2D eigenvalue weighted by Crippen LogP contribution is -2.19. The minimum atomic E-state index is 0.668. The molecule has 2 aliphatic carbocycles. The molecular weight excluding hydrogens is 371 g/mol. The maximum atomic E-state index is 4.99. The molecule has 0 N–H and O–H groups in total. The topological polar surface area (TPSA) is 25.8 Å². The van der Waals surface area contributed by atoms with Gasteiger partial charge in [-0.1, -0.05) is 102 Å². The van der Waals surface area contributed by atoms with Crippen LogP contribution < -0.4 is 4.91 Å². The molecule has 0 atom stereocenters. The minimum absolute atomic E-state index is 0.668. The van der Waals surface area contributed by atoms with Crippen molar-refractivity contribution in [2.75, 3.05) is 0 Å². The molecule has 0 radical (unpaired) electrons. The molecule has 4 heteroatoms. The highest BCUT2D eigenvalue weighted by Gasteiger charge is 2.18. The predicted molar refractivity (Wildman–Crippen MR) is 129 cm³/mol. The molecule has 2 nitrogen and oxygen atoms in total. The minimum Gasteiger partial charge on any atom is -0.259 e. The quantitative estimate of drug-likeness (QED) is 0.497. The fourth-order valence-electron chi connectivity index (χ4n) is 5.48. The van der Waals surface area contributed by atoms with Gasteiger partial charge in [-0.05, 0) is 18.9 Å². The molecule has 2 aromatic heterocycles. The van der Waals surface area contributed by atoms with Gasteiger partial charge in [0.15, 0.2) is 7.28 Å². The van der Waals surface area contributed by atoms with E-state index >= 15 is 0 Å². The third-order valence-corrected chi connectivity index (χ3v) is 8.34. The Kier molecular flexibility index (Phi) is 8.45. The number of fused-ring (bicyclic) bond motifs is 1. The van der Waals surface area contributed by atoms with Gasteiger partial charge in [0, 0.05) is 11.6 Å². The van der Waals surface area contributed by atoms with E-state index in [9.17, 15) is 0 Å². The summed E-state index contributed by atoms with van der Waals surface area (Å²) in [6.07, 6.45) is 26.0. The van der Waals surface area contributed by atoms with Gasteiger partial charge in [-0.25, -0.2) is 0 Å². The normalized spacial score (nSPS) is 21.9. The van der Waals surface area contributed by atoms with Crippen LogP contribution in [0.3, 0.4) is 0 Å². The van der Waals surface area contributed by atoms with E-state index in [0.717, 1.165) is 11.3 Å². The Morgan fingerprint density at radius 2 is 1.28 bits per heavy atom. The lowest BCUT2D eigenvalue weighted by Gasteiger charge is -2.16. The highest BCUT2D eigenvalue weighted by molar-refractivity contribution is 7.26. The standard InChI is InChI=1S/C25H39BN2S/c1-2-8-12-16-21(17-13-9-3-1)26-25-28-23-19-27-22(18-24(23)29-25)20-14-10-6-4-5-7-11-15-20/h18-21,26H,1-17H2. The van der Waals surface area contributed by atoms with Crippen molar-refractivity contribution >= 4 is 33.7 Å². The average Bonchev–Trinajstić information content (AvgIpc) is 3.19. The molecule has 0 saturated heterocycles. The number of thiazole rings is 1. The summed E-state index contributed by atoms with van der Waals surface area (Å²) in [6.45, 7) is 0. The van der Waals surface area contributed by atoms with Crippen molar-refractivity contribution in [2.24, 2.45) is 0 Å². The van der Waals surface area contributed by atoms with Gasteiger partial charge >= 0.3 is 0 Å². The van der Waals surface area contributed by atoms with Crippen LogP contribution in [0.1, 0.15) is 121 Å². The maximum absolute atomic E-state index is 4.99. The van der Waals surface area contributed by atoms with Gasteiger partial charge in [0.2, 0.25) is 0 Å². The van der Waals surface area contributed by atoms with Crippen LogP contribution in [0.25, 0.3) is 10.2 Å². The van der Waals surface area contributed by atoms with E-state index in [4.69, 9.17) is 9.97 Å². The van der Waals surface area contributed by atoms with Crippen molar-refractivity contribution in [3.8, 4) is 0 Å². The highest BCUT2D eigenvalue weighted by atomic mass is 32.1. The van der Waals surface area contributed by atoms with Crippen LogP contribution in [-0.2, 0) is 0 Å². The summed E-state index contributed by atoms with van der Waals surface area (Å²) < 4.78 is 1.38. The van der Waals surface area contributed by atoms with Crippen molar-refractivity contribution in [2.45, 2.75) is 121 Å². The number of aromatic nitrogens is 2. The number of rotatable bonds is 3. The summed E-state index contributed by atoms with van der Waals surface area (Å²) in [6, 6.07) is 2.40. The lowest BCUT2D eigenvalue weighted by atomic mass is 9.61. The zero-order chi connectivity index (χ0) is 19.7. The molecule has 4 rings (SSSR count). The third kappa shape index (κ3) is 6.54. The van der Waals surface area contributed by atoms with E-state index in [2.05, 4.69) is 12.3 Å². The Morgan fingerprint density at radius 1 is 0.724 bits per heavy atom. The van der Waals surface area contributed by atoms with Crippen LogP contribution in [0.4, 0.5) is 0 Å². The molecule has 2 aliphatic rings. The van der Waals surface area contributed by atoms with E-state index in [-0.39, 0.29) is 0 Å². The van der Waals surface area contributed by atoms with E-state index in [1.807, 2.05) is 11.3 Å². The number of nitrogens with zero attached hydrogens (tertiary/aromatic N) is 2. The molecule has 29 heavy (non-hydrogen) atoms. The first-order chi connectivity index (χ1) is 14.4. The first-order valence-electron chi connectivity index (χ1n) is 12.6. The van der Waals surface area contributed by atoms with Gasteiger partial charge in [0.05, 0.1) is 21.3 Å². The SMILES string of the molecule is B(c1nc2cnc(C3CCCCCCCC3)cc2s1)C1CCCCCCCCC1. The van der Waals surface area contributed by atoms with Gasteiger partial charge in [-0.15, -0.1) is 11.3 Å². The molecular formula is C25H39BN2S. The van der Waals surface area contributed by atoms with Crippen LogP contribution in [0.5, 0.6) is 0 Å². The van der Waals surface area contributed by atoms with Gasteiger partial charge in [-0.2, -0.15) is 0 Å². The Morgan fingerprint density at radius 3 is 1.90 bits per heavy atom. The molecule has 0 bridgehead atoms. The van der Waals surface area contributed by atoms with Crippen LogP contribution >= 0.6 is 11.3 Å². The first-order valence-corrected chi connectivity index (χ1v) is 13.5. The van der Waals surface area contributed by atoms with Gasteiger partial charge in [0.1, 0.15) is 0 Å². The number of hydrogen-bond donors (Lipinski definition) is 0. The monoisotopic (exact) mass is 410 g/mol. The summed E-state index contributed by atoms with van der Waals surface area (Å²) in [5.74, 6) is 1.51. The molecule has 2 heterocycles. The fraction of sp³-hybridized carbons (Fsp3) is 0.760. The largest absolute Gasteiger partial charge is 0.259 e. The van der Waals surface area contributed by atoms with Crippen molar-refractivity contribution in [1.82, 2.24) is 9.97 Å². The van der Waals surface area contributed by atoms with Gasteiger partial charge in [-0.3, -0.25) is 9.97 Å².